The molecule has 7 nitrogen and oxygen atoms in total. The van der Waals surface area contributed by atoms with Crippen LogP contribution >= 0.6 is 11.3 Å². The van der Waals surface area contributed by atoms with E-state index in [0.29, 0.717) is 17.0 Å². The molecule has 186 valence electrons. The van der Waals surface area contributed by atoms with Crippen molar-refractivity contribution in [1.29, 1.82) is 0 Å². The molecule has 0 aliphatic heterocycles. The van der Waals surface area contributed by atoms with E-state index in [1.165, 1.54) is 11.3 Å². The number of hydrogen-bond acceptors (Lipinski definition) is 5. The normalized spacial score (nSPS) is 11.8. The van der Waals surface area contributed by atoms with Gasteiger partial charge in [0.25, 0.3) is 11.8 Å². The van der Waals surface area contributed by atoms with E-state index < -0.39 is 0 Å². The van der Waals surface area contributed by atoms with E-state index in [1.807, 2.05) is 62.9 Å². The SMILES string of the molecule is Cc1ccc(CN)cc1C(=O)NC(C)c1cc(-c2csc(C(=O)N(C)C)c2)cc(-c2cnn(C)c2)c1. The minimum atomic E-state index is -0.254. The average molecular weight is 502 g/mol. The molecule has 4 aromatic rings. The average Bonchev–Trinajstić information content (AvgIpc) is 3.53. The molecule has 0 aliphatic carbocycles. The second-order valence-corrected chi connectivity index (χ2v) is 10.1. The highest BCUT2D eigenvalue weighted by molar-refractivity contribution is 7.12. The van der Waals surface area contributed by atoms with E-state index >= 15 is 0 Å². The molecule has 2 amide bonds. The molecule has 36 heavy (non-hydrogen) atoms. The Kier molecular flexibility index (Phi) is 7.37. The molecule has 0 saturated heterocycles. The van der Waals surface area contributed by atoms with Crippen LogP contribution in [-0.2, 0) is 13.6 Å². The lowest BCUT2D eigenvalue weighted by Gasteiger charge is -2.18. The predicted molar refractivity (Wildman–Crippen MR) is 145 cm³/mol. The quantitative estimate of drug-likeness (QED) is 0.381. The highest BCUT2D eigenvalue weighted by Crippen LogP contribution is 2.33. The predicted octanol–water partition coefficient (Wildman–Crippen LogP) is 4.78. The number of nitrogens with zero attached hydrogens (tertiary/aromatic N) is 3. The first-order valence-corrected chi connectivity index (χ1v) is 12.6. The van der Waals surface area contributed by atoms with Crippen LogP contribution in [0.15, 0.2) is 60.2 Å². The van der Waals surface area contributed by atoms with Crippen molar-refractivity contribution in [3.8, 4) is 22.3 Å². The standard InChI is InChI=1S/C28H31N5O2S/c1-17-6-7-19(13-29)8-25(17)27(34)31-18(2)20-9-21(11-22(10-20)24-14-30-33(5)15-24)23-12-26(36-16-23)28(35)32(3)4/h6-12,14-16,18H,13,29H2,1-5H3,(H,31,34). The Morgan fingerprint density at radius 3 is 2.44 bits per heavy atom. The molecule has 0 fully saturated rings. The summed E-state index contributed by atoms with van der Waals surface area (Å²) < 4.78 is 1.76. The Morgan fingerprint density at radius 1 is 1.08 bits per heavy atom. The molecular weight excluding hydrogens is 470 g/mol. The van der Waals surface area contributed by atoms with Crippen molar-refractivity contribution >= 4 is 23.2 Å². The van der Waals surface area contributed by atoms with Crippen LogP contribution in [0.3, 0.4) is 0 Å². The van der Waals surface area contributed by atoms with Crippen LogP contribution in [0.4, 0.5) is 0 Å². The number of rotatable bonds is 7. The minimum Gasteiger partial charge on any atom is -0.346 e. The molecule has 0 bridgehead atoms. The van der Waals surface area contributed by atoms with Gasteiger partial charge in [0.15, 0.2) is 0 Å². The summed E-state index contributed by atoms with van der Waals surface area (Å²) >= 11 is 1.43. The van der Waals surface area contributed by atoms with Gasteiger partial charge in [-0.2, -0.15) is 5.10 Å². The molecule has 3 N–H and O–H groups in total. The first kappa shape index (κ1) is 25.3. The third-order valence-corrected chi connectivity index (χ3v) is 7.09. The van der Waals surface area contributed by atoms with Gasteiger partial charge in [-0.3, -0.25) is 14.3 Å². The monoisotopic (exact) mass is 501 g/mol. The van der Waals surface area contributed by atoms with Crippen LogP contribution in [0.1, 0.15) is 49.7 Å². The number of aryl methyl sites for hydroxylation is 2. The Hall–Kier alpha value is -3.75. The third-order valence-electron chi connectivity index (χ3n) is 6.17. The van der Waals surface area contributed by atoms with Gasteiger partial charge in [0.05, 0.1) is 17.1 Å². The first-order chi connectivity index (χ1) is 17.2. The summed E-state index contributed by atoms with van der Waals surface area (Å²) in [7, 11) is 5.38. The molecule has 0 saturated carbocycles. The summed E-state index contributed by atoms with van der Waals surface area (Å²) in [5, 5.41) is 9.46. The van der Waals surface area contributed by atoms with Gasteiger partial charge >= 0.3 is 0 Å². The Bertz CT molecular complexity index is 1420. The van der Waals surface area contributed by atoms with E-state index in [1.54, 1.807) is 23.7 Å². The largest absolute Gasteiger partial charge is 0.346 e. The number of thiophene rings is 1. The lowest BCUT2D eigenvalue weighted by atomic mass is 9.95. The fourth-order valence-electron chi connectivity index (χ4n) is 4.02. The van der Waals surface area contributed by atoms with E-state index in [2.05, 4.69) is 28.6 Å². The Labute approximate surface area is 215 Å². The van der Waals surface area contributed by atoms with Crippen LogP contribution in [0.2, 0.25) is 0 Å². The van der Waals surface area contributed by atoms with Gasteiger partial charge in [-0.15, -0.1) is 11.3 Å². The number of hydrogen-bond donors (Lipinski definition) is 2. The molecule has 2 aromatic carbocycles. The number of benzene rings is 2. The zero-order valence-corrected chi connectivity index (χ0v) is 22.0. The van der Waals surface area contributed by atoms with Gasteiger partial charge in [-0.1, -0.05) is 12.1 Å². The minimum absolute atomic E-state index is 0.0226. The number of carbonyl (C=O) groups is 2. The molecular formula is C28H31N5O2S. The molecule has 0 aliphatic rings. The maximum Gasteiger partial charge on any atom is 0.263 e. The fraction of sp³-hybridized carbons (Fsp3) is 0.250. The smallest absolute Gasteiger partial charge is 0.263 e. The maximum atomic E-state index is 13.2. The third kappa shape index (κ3) is 5.40. The number of nitrogens with one attached hydrogen (secondary N) is 1. The van der Waals surface area contributed by atoms with Crippen LogP contribution in [-0.4, -0.2) is 40.6 Å². The number of carbonyl (C=O) groups excluding carboxylic acids is 2. The maximum absolute atomic E-state index is 13.2. The molecule has 1 atom stereocenters. The van der Waals surface area contributed by atoms with Crippen molar-refractivity contribution in [1.82, 2.24) is 20.0 Å². The molecule has 1 unspecified atom stereocenters. The molecule has 2 aromatic heterocycles. The van der Waals surface area contributed by atoms with Crippen LogP contribution in [0.25, 0.3) is 22.3 Å². The van der Waals surface area contributed by atoms with E-state index in [-0.39, 0.29) is 17.9 Å². The Morgan fingerprint density at radius 2 is 1.81 bits per heavy atom. The highest BCUT2D eigenvalue weighted by atomic mass is 32.1. The van der Waals surface area contributed by atoms with Crippen LogP contribution in [0.5, 0.6) is 0 Å². The van der Waals surface area contributed by atoms with Crippen LogP contribution in [0, 0.1) is 6.92 Å². The van der Waals surface area contributed by atoms with Crippen molar-refractivity contribution < 1.29 is 9.59 Å². The zero-order valence-electron chi connectivity index (χ0n) is 21.2. The summed E-state index contributed by atoms with van der Waals surface area (Å²) in [6.45, 7) is 4.27. The highest BCUT2D eigenvalue weighted by Gasteiger charge is 2.18. The number of amides is 2. The zero-order chi connectivity index (χ0) is 26.0. The number of nitrogens with two attached hydrogens (primary N) is 1. The fourth-order valence-corrected chi connectivity index (χ4v) is 4.96. The summed E-state index contributed by atoms with van der Waals surface area (Å²) in [6, 6.07) is 13.6. The Balaban J connectivity index is 1.70. The van der Waals surface area contributed by atoms with Gasteiger partial charge in [0.2, 0.25) is 0 Å². The summed E-state index contributed by atoms with van der Waals surface area (Å²) in [5.74, 6) is -0.163. The van der Waals surface area contributed by atoms with Crippen molar-refractivity contribution in [2.75, 3.05) is 14.1 Å². The molecule has 8 heteroatoms. The van der Waals surface area contributed by atoms with Crippen LogP contribution < -0.4 is 11.1 Å². The molecule has 4 rings (SSSR count). The van der Waals surface area contributed by atoms with Gasteiger partial charge in [0.1, 0.15) is 0 Å². The van der Waals surface area contributed by atoms with Crippen molar-refractivity contribution in [3.05, 3.63) is 87.4 Å². The van der Waals surface area contributed by atoms with Gasteiger partial charge in [-0.05, 0) is 82.9 Å². The molecule has 0 spiro atoms. The van der Waals surface area contributed by atoms with E-state index in [0.717, 1.165) is 38.9 Å². The van der Waals surface area contributed by atoms with Crippen molar-refractivity contribution in [2.45, 2.75) is 26.4 Å². The van der Waals surface area contributed by atoms with E-state index in [9.17, 15) is 9.59 Å². The molecule has 2 heterocycles. The molecule has 0 radical (unpaired) electrons. The van der Waals surface area contributed by atoms with Gasteiger partial charge in [-0.25, -0.2) is 0 Å². The summed E-state index contributed by atoms with van der Waals surface area (Å²) in [6.07, 6.45) is 3.78. The van der Waals surface area contributed by atoms with E-state index in [4.69, 9.17) is 5.73 Å². The number of aromatic nitrogens is 2. The lowest BCUT2D eigenvalue weighted by Crippen LogP contribution is -2.27. The van der Waals surface area contributed by atoms with Gasteiger partial charge in [0, 0.05) is 45.0 Å². The second-order valence-electron chi connectivity index (χ2n) is 9.19. The van der Waals surface area contributed by atoms with Gasteiger partial charge < -0.3 is 16.0 Å². The lowest BCUT2D eigenvalue weighted by molar-refractivity contribution is 0.0831. The topological polar surface area (TPSA) is 93.2 Å². The summed E-state index contributed by atoms with van der Waals surface area (Å²) in [4.78, 5) is 27.9. The second kappa shape index (κ2) is 10.5. The van der Waals surface area contributed by atoms with Crippen molar-refractivity contribution in [3.63, 3.8) is 0 Å². The first-order valence-electron chi connectivity index (χ1n) is 11.7. The summed E-state index contributed by atoms with van der Waals surface area (Å²) in [5.41, 5.74) is 13.1. The van der Waals surface area contributed by atoms with Crippen molar-refractivity contribution in [2.24, 2.45) is 12.8 Å².